The van der Waals surface area contributed by atoms with E-state index < -0.39 is 0 Å². The van der Waals surface area contributed by atoms with E-state index in [0.717, 1.165) is 18.4 Å². The fourth-order valence-electron chi connectivity index (χ4n) is 2.34. The molecule has 1 fully saturated rings. The molecule has 3 N–H and O–H groups in total. The smallest absolute Gasteiger partial charge is 0.220 e. The van der Waals surface area contributed by atoms with E-state index >= 15 is 0 Å². The summed E-state index contributed by atoms with van der Waals surface area (Å²) in [7, 11) is 3.22. The van der Waals surface area contributed by atoms with Crippen molar-refractivity contribution in [3.05, 3.63) is 23.8 Å². The lowest BCUT2D eigenvalue weighted by atomic mass is 10.0. The van der Waals surface area contributed by atoms with Gasteiger partial charge >= 0.3 is 0 Å². The summed E-state index contributed by atoms with van der Waals surface area (Å²) in [6.07, 6.45) is 3.10. The zero-order valence-electron chi connectivity index (χ0n) is 12.1. The molecule has 1 aromatic rings. The molecule has 1 aliphatic carbocycles. The van der Waals surface area contributed by atoms with E-state index in [-0.39, 0.29) is 11.4 Å². The van der Waals surface area contributed by atoms with E-state index in [4.69, 9.17) is 15.2 Å². The van der Waals surface area contributed by atoms with Crippen LogP contribution in [0, 0.1) is 0 Å². The highest BCUT2D eigenvalue weighted by Gasteiger charge is 2.45. The number of methoxy groups -OCH3 is 2. The van der Waals surface area contributed by atoms with Crippen LogP contribution >= 0.6 is 0 Å². The Morgan fingerprint density at radius 3 is 2.55 bits per heavy atom. The highest BCUT2D eigenvalue weighted by atomic mass is 16.5. The average Bonchev–Trinajstić information content (AvgIpc) is 3.25. The first-order valence-corrected chi connectivity index (χ1v) is 6.89. The molecule has 0 atom stereocenters. The molecule has 0 spiro atoms. The Balaban J connectivity index is 2.12. The number of hydrogen-bond acceptors (Lipinski definition) is 4. The third-order valence-electron chi connectivity index (χ3n) is 3.67. The molecule has 20 heavy (non-hydrogen) atoms. The summed E-state index contributed by atoms with van der Waals surface area (Å²) >= 11 is 0. The van der Waals surface area contributed by atoms with Gasteiger partial charge < -0.3 is 20.5 Å². The maximum atomic E-state index is 11.9. The van der Waals surface area contributed by atoms with Gasteiger partial charge in [-0.25, -0.2) is 0 Å². The number of nitrogens with two attached hydrogens (primary N) is 1. The Morgan fingerprint density at radius 2 is 2.00 bits per heavy atom. The maximum Gasteiger partial charge on any atom is 0.220 e. The Hall–Kier alpha value is -1.75. The molecule has 0 aliphatic heterocycles. The van der Waals surface area contributed by atoms with Crippen LogP contribution in [0.2, 0.25) is 0 Å². The number of benzene rings is 1. The fourth-order valence-corrected chi connectivity index (χ4v) is 2.34. The fraction of sp³-hybridized carbons (Fsp3) is 0.533. The number of carbonyl (C=O) groups excluding carboxylic acids is 1. The Kier molecular flexibility index (Phi) is 4.49. The van der Waals surface area contributed by atoms with Crippen molar-refractivity contribution in [2.24, 2.45) is 5.73 Å². The van der Waals surface area contributed by atoms with Crippen molar-refractivity contribution in [3.8, 4) is 11.5 Å². The predicted molar refractivity (Wildman–Crippen MR) is 76.9 cm³/mol. The van der Waals surface area contributed by atoms with Crippen LogP contribution in [0.1, 0.15) is 31.2 Å². The van der Waals surface area contributed by atoms with Gasteiger partial charge in [-0.3, -0.25) is 4.79 Å². The number of rotatable bonds is 7. The van der Waals surface area contributed by atoms with E-state index in [1.165, 1.54) is 0 Å². The molecule has 0 heterocycles. The lowest BCUT2D eigenvalue weighted by Crippen LogP contribution is -2.35. The standard InChI is InChI=1S/C15H22N2O3/c1-19-12-6-5-11(10-13(12)20-2)15(7-8-15)17-14(18)4-3-9-16/h5-6,10H,3-4,7-9,16H2,1-2H3,(H,17,18). The van der Waals surface area contributed by atoms with Gasteiger partial charge in [0.05, 0.1) is 19.8 Å². The van der Waals surface area contributed by atoms with Crippen LogP contribution in [0.3, 0.4) is 0 Å². The summed E-state index contributed by atoms with van der Waals surface area (Å²) in [5.41, 5.74) is 6.26. The summed E-state index contributed by atoms with van der Waals surface area (Å²) < 4.78 is 10.5. The molecule has 0 aromatic heterocycles. The van der Waals surface area contributed by atoms with Gasteiger partial charge in [0.25, 0.3) is 0 Å². The number of amides is 1. The molecule has 0 radical (unpaired) electrons. The third kappa shape index (κ3) is 3.04. The van der Waals surface area contributed by atoms with Crippen molar-refractivity contribution in [1.29, 1.82) is 0 Å². The van der Waals surface area contributed by atoms with Crippen molar-refractivity contribution in [1.82, 2.24) is 5.32 Å². The molecule has 1 amide bonds. The van der Waals surface area contributed by atoms with Gasteiger partial charge in [-0.15, -0.1) is 0 Å². The van der Waals surface area contributed by atoms with Crippen molar-refractivity contribution >= 4 is 5.91 Å². The molecule has 0 saturated heterocycles. The van der Waals surface area contributed by atoms with Crippen LogP contribution in [0.25, 0.3) is 0 Å². The molecule has 1 saturated carbocycles. The second-order valence-electron chi connectivity index (χ2n) is 5.09. The molecule has 0 unspecified atom stereocenters. The van der Waals surface area contributed by atoms with Gasteiger partial charge in [-0.1, -0.05) is 6.07 Å². The number of ether oxygens (including phenoxy) is 2. The number of carbonyl (C=O) groups is 1. The molecule has 1 aliphatic rings. The van der Waals surface area contributed by atoms with Gasteiger partial charge in [0.2, 0.25) is 5.91 Å². The van der Waals surface area contributed by atoms with E-state index in [1.54, 1.807) is 14.2 Å². The lowest BCUT2D eigenvalue weighted by Gasteiger charge is -2.19. The largest absolute Gasteiger partial charge is 0.493 e. The predicted octanol–water partition coefficient (Wildman–Crippen LogP) is 1.55. The summed E-state index contributed by atoms with van der Waals surface area (Å²) in [6.45, 7) is 0.538. The zero-order valence-corrected chi connectivity index (χ0v) is 12.1. The quantitative estimate of drug-likeness (QED) is 0.793. The molecule has 5 heteroatoms. The summed E-state index contributed by atoms with van der Waals surface area (Å²) in [4.78, 5) is 11.9. The molecular formula is C15H22N2O3. The van der Waals surface area contributed by atoms with Crippen molar-refractivity contribution in [3.63, 3.8) is 0 Å². The van der Waals surface area contributed by atoms with Gasteiger partial charge in [-0.05, 0) is 43.5 Å². The van der Waals surface area contributed by atoms with E-state index in [2.05, 4.69) is 5.32 Å². The minimum absolute atomic E-state index is 0.0581. The first kappa shape index (κ1) is 14.7. The second-order valence-corrected chi connectivity index (χ2v) is 5.09. The van der Waals surface area contributed by atoms with Gasteiger partial charge in [0.1, 0.15) is 0 Å². The van der Waals surface area contributed by atoms with Gasteiger partial charge in [0, 0.05) is 6.42 Å². The molecule has 0 bridgehead atoms. The summed E-state index contributed by atoms with van der Waals surface area (Å²) in [5, 5.41) is 3.12. The topological polar surface area (TPSA) is 73.6 Å². The summed E-state index contributed by atoms with van der Waals surface area (Å²) in [6, 6.07) is 5.80. The highest BCUT2D eigenvalue weighted by Crippen LogP contribution is 2.47. The van der Waals surface area contributed by atoms with Crippen LogP contribution in [0.15, 0.2) is 18.2 Å². The zero-order chi connectivity index (χ0) is 14.6. The van der Waals surface area contributed by atoms with Crippen LogP contribution in [0.4, 0.5) is 0 Å². The van der Waals surface area contributed by atoms with Crippen molar-refractivity contribution in [2.75, 3.05) is 20.8 Å². The monoisotopic (exact) mass is 278 g/mol. The summed E-state index contributed by atoms with van der Waals surface area (Å²) in [5.74, 6) is 1.44. The second kappa shape index (κ2) is 6.13. The lowest BCUT2D eigenvalue weighted by molar-refractivity contribution is -0.122. The Bertz CT molecular complexity index is 484. The minimum atomic E-state index is -0.231. The molecule has 5 nitrogen and oxygen atoms in total. The molecular weight excluding hydrogens is 256 g/mol. The Morgan fingerprint density at radius 1 is 1.30 bits per heavy atom. The SMILES string of the molecule is COc1ccc(C2(NC(=O)CCCN)CC2)cc1OC. The molecule has 1 aromatic carbocycles. The Labute approximate surface area is 119 Å². The van der Waals surface area contributed by atoms with Crippen molar-refractivity contribution in [2.45, 2.75) is 31.2 Å². The maximum absolute atomic E-state index is 11.9. The van der Waals surface area contributed by atoms with Crippen molar-refractivity contribution < 1.29 is 14.3 Å². The van der Waals surface area contributed by atoms with Crippen LogP contribution in [-0.2, 0) is 10.3 Å². The van der Waals surface area contributed by atoms with Crippen LogP contribution in [-0.4, -0.2) is 26.7 Å². The normalized spacial score (nSPS) is 15.6. The van der Waals surface area contributed by atoms with E-state index in [0.29, 0.717) is 30.9 Å². The molecule has 110 valence electrons. The van der Waals surface area contributed by atoms with Crippen LogP contribution in [0.5, 0.6) is 11.5 Å². The van der Waals surface area contributed by atoms with E-state index in [1.807, 2.05) is 18.2 Å². The minimum Gasteiger partial charge on any atom is -0.493 e. The third-order valence-corrected chi connectivity index (χ3v) is 3.67. The van der Waals surface area contributed by atoms with Crippen LogP contribution < -0.4 is 20.5 Å². The molecule has 2 rings (SSSR count). The first-order chi connectivity index (χ1) is 9.65. The van der Waals surface area contributed by atoms with E-state index in [9.17, 15) is 4.79 Å². The first-order valence-electron chi connectivity index (χ1n) is 6.89. The average molecular weight is 278 g/mol. The highest BCUT2D eigenvalue weighted by molar-refractivity contribution is 5.77. The number of hydrogen-bond donors (Lipinski definition) is 2. The number of nitrogens with one attached hydrogen (secondary N) is 1. The van der Waals surface area contributed by atoms with Gasteiger partial charge in [-0.2, -0.15) is 0 Å². The van der Waals surface area contributed by atoms with Gasteiger partial charge in [0.15, 0.2) is 11.5 Å².